The van der Waals surface area contributed by atoms with E-state index in [1.54, 1.807) is 13.0 Å². The van der Waals surface area contributed by atoms with Gasteiger partial charge in [-0.15, -0.1) is 0 Å². The topological polar surface area (TPSA) is 50.2 Å². The molecule has 1 N–H and O–H groups in total. The number of pyridine rings is 1. The second kappa shape index (κ2) is 5.52. The predicted octanol–water partition coefficient (Wildman–Crippen LogP) is 3.93. The summed E-state index contributed by atoms with van der Waals surface area (Å²) in [5.74, 6) is -0.910. The summed E-state index contributed by atoms with van der Waals surface area (Å²) in [5, 5.41) is 9.98. The first kappa shape index (κ1) is 13.7. The zero-order valence-electron chi connectivity index (χ0n) is 9.45. The first-order valence-corrected chi connectivity index (χ1v) is 7.31. The van der Waals surface area contributed by atoms with Gasteiger partial charge in [0.2, 0.25) is 0 Å². The van der Waals surface area contributed by atoms with Gasteiger partial charge in [-0.05, 0) is 76.4 Å². The van der Waals surface area contributed by atoms with Crippen LogP contribution in [0.5, 0.6) is 0 Å². The molecule has 0 saturated heterocycles. The first-order chi connectivity index (χ1) is 8.49. The maximum Gasteiger partial charge on any atom is 0.331 e. The Hall–Kier alpha value is -0.700. The molecule has 0 atom stereocenters. The molecule has 1 aromatic carbocycles. The lowest BCUT2D eigenvalue weighted by Gasteiger charge is -2.05. The van der Waals surface area contributed by atoms with Crippen LogP contribution in [0, 0.1) is 7.27 Å². The number of hydrogen-bond donors (Lipinski definition) is 1. The fourth-order valence-corrected chi connectivity index (χ4v) is 2.63. The molecule has 0 unspecified atom stereocenters. The lowest BCUT2D eigenvalue weighted by molar-refractivity contribution is -0.132. The molecule has 2 rings (SSSR count). The Morgan fingerprint density at radius 1 is 1.28 bits per heavy atom. The highest BCUT2D eigenvalue weighted by molar-refractivity contribution is 14.1. The largest absolute Gasteiger partial charge is 0.478 e. The van der Waals surface area contributed by atoms with Gasteiger partial charge in [0, 0.05) is 20.1 Å². The predicted molar refractivity (Wildman–Crippen MR) is 88.5 cm³/mol. The SMILES string of the molecule is CC(=Cc1ccc(I)c2ccc(I)nc12)C(=O)O. The molecule has 0 bridgehead atoms. The van der Waals surface area contributed by atoms with E-state index in [0.717, 1.165) is 23.7 Å². The Morgan fingerprint density at radius 3 is 2.67 bits per heavy atom. The highest BCUT2D eigenvalue weighted by atomic mass is 127. The monoisotopic (exact) mass is 465 g/mol. The van der Waals surface area contributed by atoms with Crippen molar-refractivity contribution in [2.45, 2.75) is 6.92 Å². The molecule has 0 radical (unpaired) electrons. The summed E-state index contributed by atoms with van der Waals surface area (Å²) in [6.45, 7) is 1.58. The molecule has 0 aliphatic carbocycles. The van der Waals surface area contributed by atoms with Crippen molar-refractivity contribution in [3.05, 3.63) is 42.7 Å². The Labute approximate surface area is 132 Å². The fraction of sp³-hybridized carbons (Fsp3) is 0.0769. The summed E-state index contributed by atoms with van der Waals surface area (Å²) < 4.78 is 2.00. The van der Waals surface area contributed by atoms with Crippen LogP contribution in [0.4, 0.5) is 0 Å². The van der Waals surface area contributed by atoms with Gasteiger partial charge in [-0.1, -0.05) is 6.07 Å². The van der Waals surface area contributed by atoms with E-state index in [1.165, 1.54) is 0 Å². The highest BCUT2D eigenvalue weighted by Crippen LogP contribution is 2.25. The van der Waals surface area contributed by atoms with Crippen molar-refractivity contribution in [1.82, 2.24) is 4.98 Å². The Morgan fingerprint density at radius 2 is 2.00 bits per heavy atom. The van der Waals surface area contributed by atoms with Gasteiger partial charge >= 0.3 is 5.97 Å². The minimum Gasteiger partial charge on any atom is -0.478 e. The van der Waals surface area contributed by atoms with Gasteiger partial charge in [0.05, 0.1) is 5.52 Å². The molecule has 0 saturated carbocycles. The molecule has 0 amide bonds. The van der Waals surface area contributed by atoms with Crippen molar-refractivity contribution in [2.75, 3.05) is 0 Å². The molecular formula is C13H9I2NO2. The summed E-state index contributed by atoms with van der Waals surface area (Å²) in [5.41, 5.74) is 1.98. The summed E-state index contributed by atoms with van der Waals surface area (Å²) in [6.07, 6.45) is 1.66. The number of fused-ring (bicyclic) bond motifs is 1. The van der Waals surface area contributed by atoms with Gasteiger partial charge in [-0.2, -0.15) is 0 Å². The van der Waals surface area contributed by atoms with Crippen LogP contribution in [-0.4, -0.2) is 16.1 Å². The van der Waals surface area contributed by atoms with Crippen molar-refractivity contribution in [3.63, 3.8) is 0 Å². The number of aromatic nitrogens is 1. The Kier molecular flexibility index (Phi) is 4.21. The molecule has 1 heterocycles. The van der Waals surface area contributed by atoms with Crippen LogP contribution in [0.3, 0.4) is 0 Å². The summed E-state index contributed by atoms with van der Waals surface area (Å²) >= 11 is 4.41. The minimum atomic E-state index is -0.910. The zero-order valence-corrected chi connectivity index (χ0v) is 13.8. The normalized spacial score (nSPS) is 11.8. The lowest BCUT2D eigenvalue weighted by atomic mass is 10.1. The van der Waals surface area contributed by atoms with Crippen molar-refractivity contribution in [1.29, 1.82) is 0 Å². The molecule has 1 aromatic heterocycles. The average molecular weight is 465 g/mol. The van der Waals surface area contributed by atoms with Crippen molar-refractivity contribution < 1.29 is 9.90 Å². The number of carboxylic acid groups (broad SMARTS) is 1. The van der Waals surface area contributed by atoms with Crippen molar-refractivity contribution in [2.24, 2.45) is 0 Å². The van der Waals surface area contributed by atoms with Gasteiger partial charge in [0.1, 0.15) is 3.70 Å². The number of nitrogens with zero attached hydrogens (tertiary/aromatic N) is 1. The molecule has 5 heteroatoms. The molecule has 92 valence electrons. The van der Waals surface area contributed by atoms with E-state index >= 15 is 0 Å². The van der Waals surface area contributed by atoms with Crippen molar-refractivity contribution in [3.8, 4) is 0 Å². The highest BCUT2D eigenvalue weighted by Gasteiger charge is 2.07. The summed E-state index contributed by atoms with van der Waals surface area (Å²) in [7, 11) is 0. The second-order valence-corrected chi connectivity index (χ2v) is 6.07. The minimum absolute atomic E-state index is 0.304. The van der Waals surface area contributed by atoms with Crippen LogP contribution in [0.2, 0.25) is 0 Å². The molecule has 0 aliphatic heterocycles. The van der Waals surface area contributed by atoms with Crippen LogP contribution in [-0.2, 0) is 4.79 Å². The van der Waals surface area contributed by atoms with Crippen LogP contribution >= 0.6 is 45.2 Å². The maximum atomic E-state index is 10.9. The van der Waals surface area contributed by atoms with E-state index in [0.29, 0.717) is 5.57 Å². The first-order valence-electron chi connectivity index (χ1n) is 5.15. The standard InChI is InChI=1S/C13H9I2NO2/c1-7(13(17)18)6-8-2-4-10(14)9-3-5-11(15)16-12(8)9/h2-6H,1H3,(H,17,18). The maximum absolute atomic E-state index is 10.9. The molecule has 3 nitrogen and oxygen atoms in total. The van der Waals surface area contributed by atoms with E-state index in [-0.39, 0.29) is 0 Å². The van der Waals surface area contributed by atoms with E-state index in [1.807, 2.05) is 24.3 Å². The summed E-state index contributed by atoms with van der Waals surface area (Å²) in [4.78, 5) is 15.4. The number of benzene rings is 1. The molecule has 0 spiro atoms. The van der Waals surface area contributed by atoms with Gasteiger partial charge in [-0.25, -0.2) is 9.78 Å². The average Bonchev–Trinajstić information content (AvgIpc) is 2.32. The lowest BCUT2D eigenvalue weighted by Crippen LogP contribution is -1.96. The van der Waals surface area contributed by atoms with Crippen LogP contribution in [0.1, 0.15) is 12.5 Å². The third kappa shape index (κ3) is 2.82. The quantitative estimate of drug-likeness (QED) is 0.416. The summed E-state index contributed by atoms with van der Waals surface area (Å²) in [6, 6.07) is 7.83. The van der Waals surface area contributed by atoms with Gasteiger partial charge in [0.15, 0.2) is 0 Å². The Balaban J connectivity index is 2.72. The van der Waals surface area contributed by atoms with Crippen LogP contribution in [0.25, 0.3) is 17.0 Å². The van der Waals surface area contributed by atoms with E-state index in [4.69, 9.17) is 5.11 Å². The van der Waals surface area contributed by atoms with Gasteiger partial charge in [-0.3, -0.25) is 0 Å². The zero-order chi connectivity index (χ0) is 13.3. The number of carboxylic acids is 1. The molecular weight excluding hydrogens is 456 g/mol. The van der Waals surface area contributed by atoms with E-state index < -0.39 is 5.97 Å². The number of hydrogen-bond acceptors (Lipinski definition) is 2. The number of rotatable bonds is 2. The number of carbonyl (C=O) groups is 1. The fourth-order valence-electron chi connectivity index (χ4n) is 1.59. The third-order valence-corrected chi connectivity index (χ3v) is 4.05. The molecule has 0 fully saturated rings. The van der Waals surface area contributed by atoms with Gasteiger partial charge in [0.25, 0.3) is 0 Å². The van der Waals surface area contributed by atoms with Crippen LogP contribution < -0.4 is 0 Å². The van der Waals surface area contributed by atoms with E-state index in [9.17, 15) is 4.79 Å². The Bertz CT molecular complexity index is 665. The number of halogens is 2. The second-order valence-electron chi connectivity index (χ2n) is 3.80. The van der Waals surface area contributed by atoms with Crippen molar-refractivity contribution >= 4 is 68.1 Å². The number of aliphatic carboxylic acids is 1. The smallest absolute Gasteiger partial charge is 0.331 e. The van der Waals surface area contributed by atoms with Gasteiger partial charge < -0.3 is 5.11 Å². The molecule has 18 heavy (non-hydrogen) atoms. The van der Waals surface area contributed by atoms with E-state index in [2.05, 4.69) is 50.2 Å². The third-order valence-electron chi connectivity index (χ3n) is 2.51. The molecule has 0 aliphatic rings. The van der Waals surface area contributed by atoms with Crippen LogP contribution in [0.15, 0.2) is 29.8 Å². The molecule has 2 aromatic rings.